The van der Waals surface area contributed by atoms with Gasteiger partial charge in [0.2, 0.25) is 5.88 Å². The number of allylic oxidation sites excluding steroid dienone is 1. The molecule has 1 aliphatic rings. The summed E-state index contributed by atoms with van der Waals surface area (Å²) in [5, 5.41) is 10.4. The second kappa shape index (κ2) is 7.37. The van der Waals surface area contributed by atoms with Crippen LogP contribution in [0.3, 0.4) is 0 Å². The highest BCUT2D eigenvalue weighted by Crippen LogP contribution is 2.49. The van der Waals surface area contributed by atoms with Crippen molar-refractivity contribution < 1.29 is 23.4 Å². The first-order chi connectivity index (χ1) is 14.5. The Hall–Kier alpha value is -4.12. The molecule has 0 amide bonds. The molecule has 1 atom stereocenters. The summed E-state index contributed by atoms with van der Waals surface area (Å²) in [5.74, 6) is 0.416. The molecule has 1 aromatic heterocycles. The van der Waals surface area contributed by atoms with Crippen molar-refractivity contribution in [2.24, 2.45) is 5.73 Å². The fourth-order valence-corrected chi connectivity index (χ4v) is 3.67. The van der Waals surface area contributed by atoms with E-state index >= 15 is 0 Å². The van der Waals surface area contributed by atoms with E-state index in [-0.39, 0.29) is 22.8 Å². The molecule has 0 unspecified atom stereocenters. The van der Waals surface area contributed by atoms with Gasteiger partial charge in [-0.25, -0.2) is 4.79 Å². The average molecular weight is 406 g/mol. The van der Waals surface area contributed by atoms with Crippen LogP contribution in [0.25, 0.3) is 11.0 Å². The maximum atomic E-state index is 13.0. The van der Waals surface area contributed by atoms with Crippen molar-refractivity contribution in [2.45, 2.75) is 5.92 Å². The summed E-state index contributed by atoms with van der Waals surface area (Å²) < 4.78 is 27.7. The predicted molar refractivity (Wildman–Crippen MR) is 108 cm³/mol. The fraction of sp³-hybridized carbons (Fsp3) is 0.182. The minimum atomic E-state index is -0.921. The molecule has 8 nitrogen and oxygen atoms in total. The van der Waals surface area contributed by atoms with E-state index in [1.807, 2.05) is 0 Å². The molecule has 1 aliphatic heterocycles. The third-order valence-electron chi connectivity index (χ3n) is 5.02. The smallest absolute Gasteiger partial charge is 0.344 e. The summed E-state index contributed by atoms with van der Waals surface area (Å²) in [6, 6.07) is 12.3. The molecule has 2 N–H and O–H groups in total. The molecule has 0 radical (unpaired) electrons. The van der Waals surface area contributed by atoms with E-state index in [4.69, 9.17) is 29.1 Å². The number of ether oxygens (including phenoxy) is 4. The van der Waals surface area contributed by atoms with Gasteiger partial charge >= 0.3 is 5.63 Å². The zero-order chi connectivity index (χ0) is 21.4. The lowest BCUT2D eigenvalue weighted by Gasteiger charge is -2.28. The van der Waals surface area contributed by atoms with E-state index < -0.39 is 11.5 Å². The first-order valence-electron chi connectivity index (χ1n) is 8.97. The van der Waals surface area contributed by atoms with Crippen molar-refractivity contribution in [1.82, 2.24) is 0 Å². The Labute approximate surface area is 171 Å². The first kappa shape index (κ1) is 19.2. The molecule has 0 bridgehead atoms. The third kappa shape index (κ3) is 2.79. The number of para-hydroxylation sites is 1. The molecule has 8 heteroatoms. The van der Waals surface area contributed by atoms with Crippen molar-refractivity contribution in [1.29, 1.82) is 5.26 Å². The maximum Gasteiger partial charge on any atom is 0.344 e. The molecule has 3 aromatic rings. The molecule has 30 heavy (non-hydrogen) atoms. The molecule has 152 valence electrons. The zero-order valence-corrected chi connectivity index (χ0v) is 16.5. The monoisotopic (exact) mass is 406 g/mol. The van der Waals surface area contributed by atoms with Crippen LogP contribution in [0.4, 0.5) is 0 Å². The number of nitrogens with two attached hydrogens (primary N) is 1. The molecule has 0 spiro atoms. The fourth-order valence-electron chi connectivity index (χ4n) is 3.67. The van der Waals surface area contributed by atoms with Gasteiger partial charge in [0.25, 0.3) is 0 Å². The number of rotatable bonds is 4. The average Bonchev–Trinajstić information content (AvgIpc) is 2.77. The lowest BCUT2D eigenvalue weighted by atomic mass is 9.82. The Kier molecular flexibility index (Phi) is 4.72. The Balaban J connectivity index is 2.13. The molecule has 0 saturated heterocycles. The third-order valence-corrected chi connectivity index (χ3v) is 5.02. The van der Waals surface area contributed by atoms with Gasteiger partial charge in [-0.1, -0.05) is 12.1 Å². The molecule has 0 aliphatic carbocycles. The van der Waals surface area contributed by atoms with Crippen LogP contribution in [0.1, 0.15) is 17.0 Å². The van der Waals surface area contributed by atoms with Gasteiger partial charge < -0.3 is 29.1 Å². The van der Waals surface area contributed by atoms with Crippen LogP contribution in [0.2, 0.25) is 0 Å². The van der Waals surface area contributed by atoms with Crippen LogP contribution in [0.15, 0.2) is 57.1 Å². The van der Waals surface area contributed by atoms with Crippen molar-refractivity contribution in [2.75, 3.05) is 21.3 Å². The second-order valence-corrected chi connectivity index (χ2v) is 6.50. The summed E-state index contributed by atoms with van der Waals surface area (Å²) in [5.41, 5.74) is 6.44. The number of hydrogen-bond acceptors (Lipinski definition) is 8. The molecule has 2 heterocycles. The Morgan fingerprint density at radius 3 is 2.30 bits per heavy atom. The lowest BCUT2D eigenvalue weighted by molar-refractivity contribution is 0.359. The highest BCUT2D eigenvalue weighted by atomic mass is 16.5. The summed E-state index contributed by atoms with van der Waals surface area (Å²) in [6.07, 6.45) is 0. The van der Waals surface area contributed by atoms with Crippen LogP contribution in [0.5, 0.6) is 23.0 Å². The predicted octanol–water partition coefficient (Wildman–Crippen LogP) is 3.04. The van der Waals surface area contributed by atoms with E-state index in [1.54, 1.807) is 36.4 Å². The largest absolute Gasteiger partial charge is 0.496 e. The van der Waals surface area contributed by atoms with Crippen LogP contribution in [-0.4, -0.2) is 21.3 Å². The first-order valence-corrected chi connectivity index (χ1v) is 8.97. The maximum absolute atomic E-state index is 13.0. The number of benzene rings is 2. The van der Waals surface area contributed by atoms with Gasteiger partial charge in [0.15, 0.2) is 5.75 Å². The standard InChI is InChI=1S/C22H18N2O6/c1-26-11-8-15(27-2)18(16(9-11)28-3)17-13(10-23)21(24)30-20-12-6-4-5-7-14(12)29-22(25)19(17)20/h4-9,17H,24H2,1-3H3/t17-/m1/s1. The highest BCUT2D eigenvalue weighted by molar-refractivity contribution is 5.86. The van der Waals surface area contributed by atoms with Crippen molar-refractivity contribution in [3.63, 3.8) is 0 Å². The van der Waals surface area contributed by atoms with Crippen molar-refractivity contribution in [3.8, 4) is 29.1 Å². The van der Waals surface area contributed by atoms with E-state index in [0.717, 1.165) is 0 Å². The van der Waals surface area contributed by atoms with Crippen LogP contribution in [-0.2, 0) is 0 Å². The van der Waals surface area contributed by atoms with E-state index in [0.29, 0.717) is 33.8 Å². The Morgan fingerprint density at radius 2 is 1.70 bits per heavy atom. The lowest BCUT2D eigenvalue weighted by Crippen LogP contribution is -2.27. The minimum Gasteiger partial charge on any atom is -0.496 e. The molecule has 2 aromatic carbocycles. The molecular weight excluding hydrogens is 388 g/mol. The Bertz CT molecular complexity index is 1260. The molecule has 0 saturated carbocycles. The highest BCUT2D eigenvalue weighted by Gasteiger charge is 2.39. The summed E-state index contributed by atoms with van der Waals surface area (Å²) in [7, 11) is 4.46. The number of nitrogens with zero attached hydrogens (tertiary/aromatic N) is 1. The second-order valence-electron chi connectivity index (χ2n) is 6.50. The number of nitriles is 1. The molecule has 4 rings (SSSR count). The normalized spacial score (nSPS) is 15.2. The number of hydrogen-bond donors (Lipinski definition) is 1. The van der Waals surface area contributed by atoms with Crippen LogP contribution in [0, 0.1) is 11.3 Å². The van der Waals surface area contributed by atoms with Gasteiger partial charge in [-0.3, -0.25) is 0 Å². The van der Waals surface area contributed by atoms with E-state index in [1.165, 1.54) is 21.3 Å². The van der Waals surface area contributed by atoms with Gasteiger partial charge in [-0.15, -0.1) is 0 Å². The summed E-state index contributed by atoms with van der Waals surface area (Å²) in [4.78, 5) is 13.0. The van der Waals surface area contributed by atoms with E-state index in [9.17, 15) is 10.1 Å². The molecular formula is C22H18N2O6. The van der Waals surface area contributed by atoms with E-state index in [2.05, 4.69) is 6.07 Å². The van der Waals surface area contributed by atoms with Gasteiger partial charge in [-0.05, 0) is 12.1 Å². The van der Waals surface area contributed by atoms with Crippen LogP contribution >= 0.6 is 0 Å². The van der Waals surface area contributed by atoms with Gasteiger partial charge in [0.1, 0.15) is 34.5 Å². The summed E-state index contributed by atoms with van der Waals surface area (Å²) >= 11 is 0. The van der Waals surface area contributed by atoms with Gasteiger partial charge in [0.05, 0.1) is 38.2 Å². The van der Waals surface area contributed by atoms with Crippen LogP contribution < -0.4 is 30.3 Å². The zero-order valence-electron chi connectivity index (χ0n) is 16.5. The number of fused-ring (bicyclic) bond motifs is 3. The summed E-state index contributed by atoms with van der Waals surface area (Å²) in [6.45, 7) is 0. The quantitative estimate of drug-likeness (QED) is 0.657. The Morgan fingerprint density at radius 1 is 1.03 bits per heavy atom. The topological polar surface area (TPSA) is 117 Å². The SMILES string of the molecule is COc1cc(OC)c([C@H]2C(C#N)=C(N)Oc3c2c(=O)oc2ccccc32)c(OC)c1. The molecule has 0 fully saturated rings. The number of methoxy groups -OCH3 is 3. The van der Waals surface area contributed by atoms with Gasteiger partial charge in [0, 0.05) is 17.7 Å². The van der Waals surface area contributed by atoms with Crippen molar-refractivity contribution >= 4 is 11.0 Å². The van der Waals surface area contributed by atoms with Crippen molar-refractivity contribution in [3.05, 3.63) is 69.4 Å². The minimum absolute atomic E-state index is 0.0480. The van der Waals surface area contributed by atoms with Gasteiger partial charge in [-0.2, -0.15) is 5.26 Å².